The second kappa shape index (κ2) is 7.24. The predicted octanol–water partition coefficient (Wildman–Crippen LogP) is 2.33. The summed E-state index contributed by atoms with van der Waals surface area (Å²) < 4.78 is 0. The Morgan fingerprint density at radius 1 is 1.33 bits per heavy atom. The smallest absolute Gasteiger partial charge is 0.237 e. The van der Waals surface area contributed by atoms with Gasteiger partial charge in [0.25, 0.3) is 0 Å². The second-order valence-corrected chi connectivity index (χ2v) is 7.94. The van der Waals surface area contributed by atoms with Gasteiger partial charge >= 0.3 is 0 Å². The van der Waals surface area contributed by atoms with E-state index in [0.717, 1.165) is 25.4 Å². The third-order valence-electron chi connectivity index (χ3n) is 6.01. The minimum Gasteiger partial charge on any atom is -0.353 e. The van der Waals surface area contributed by atoms with Crippen molar-refractivity contribution >= 4 is 5.91 Å². The summed E-state index contributed by atoms with van der Waals surface area (Å²) in [7, 11) is 4.30. The maximum Gasteiger partial charge on any atom is 0.237 e. The van der Waals surface area contributed by atoms with Gasteiger partial charge in [0.2, 0.25) is 5.91 Å². The Hall–Kier alpha value is -1.39. The van der Waals surface area contributed by atoms with Gasteiger partial charge in [-0.3, -0.25) is 4.79 Å². The Bertz CT molecular complexity index is 586. The van der Waals surface area contributed by atoms with E-state index in [0.29, 0.717) is 0 Å². The molecule has 0 radical (unpaired) electrons. The van der Waals surface area contributed by atoms with Crippen LogP contribution in [0.1, 0.15) is 43.7 Å². The van der Waals surface area contributed by atoms with Crippen molar-refractivity contribution in [2.45, 2.75) is 57.2 Å². The van der Waals surface area contributed by atoms with Crippen LogP contribution < -0.4 is 10.6 Å². The van der Waals surface area contributed by atoms with E-state index in [1.807, 2.05) is 0 Å². The molecule has 1 aliphatic heterocycles. The van der Waals surface area contributed by atoms with Crippen molar-refractivity contribution in [1.82, 2.24) is 15.5 Å². The Kier molecular flexibility index (Phi) is 5.26. The number of hydrogen-bond donors (Lipinski definition) is 2. The summed E-state index contributed by atoms with van der Waals surface area (Å²) in [6, 6.07) is 8.29. The fourth-order valence-electron chi connectivity index (χ4n) is 4.37. The molecule has 1 fully saturated rings. The quantitative estimate of drug-likeness (QED) is 0.891. The van der Waals surface area contributed by atoms with Crippen LogP contribution in [0.2, 0.25) is 0 Å². The van der Waals surface area contributed by atoms with E-state index < -0.39 is 0 Å². The van der Waals surface area contributed by atoms with Gasteiger partial charge in [0, 0.05) is 18.6 Å². The molecule has 1 aromatic carbocycles. The van der Waals surface area contributed by atoms with Crippen molar-refractivity contribution < 1.29 is 4.79 Å². The van der Waals surface area contributed by atoms with Crippen LogP contribution in [-0.2, 0) is 17.8 Å². The first kappa shape index (κ1) is 17.4. The summed E-state index contributed by atoms with van der Waals surface area (Å²) in [6.45, 7) is 3.87. The molecule has 3 unspecified atom stereocenters. The number of benzene rings is 1. The largest absolute Gasteiger partial charge is 0.353 e. The second-order valence-electron chi connectivity index (χ2n) is 7.94. The minimum absolute atomic E-state index is 0.111. The zero-order chi connectivity index (χ0) is 17.2. The Morgan fingerprint density at radius 3 is 2.79 bits per heavy atom. The van der Waals surface area contributed by atoms with Crippen molar-refractivity contribution in [3.63, 3.8) is 0 Å². The Morgan fingerprint density at radius 2 is 2.08 bits per heavy atom. The van der Waals surface area contributed by atoms with Crippen LogP contribution in [0, 0.1) is 5.92 Å². The molecule has 1 amide bonds. The highest BCUT2D eigenvalue weighted by molar-refractivity contribution is 5.82. The van der Waals surface area contributed by atoms with E-state index in [1.54, 1.807) is 0 Å². The van der Waals surface area contributed by atoms with Gasteiger partial charge < -0.3 is 15.5 Å². The summed E-state index contributed by atoms with van der Waals surface area (Å²) in [5.41, 5.74) is 2.72. The summed E-state index contributed by atoms with van der Waals surface area (Å²) in [4.78, 5) is 15.0. The predicted molar refractivity (Wildman–Crippen MR) is 97.8 cm³/mol. The fraction of sp³-hybridized carbons (Fsp3) is 0.650. The van der Waals surface area contributed by atoms with Gasteiger partial charge in [-0.2, -0.15) is 0 Å². The SMILES string of the molecule is CC1CCCC(CNC(=O)C2Cc3ccccc3CN2)(N(C)C)C1. The lowest BCUT2D eigenvalue weighted by molar-refractivity contribution is -0.124. The molecule has 3 atom stereocenters. The van der Waals surface area contributed by atoms with E-state index >= 15 is 0 Å². The molecule has 1 aromatic rings. The van der Waals surface area contributed by atoms with E-state index in [9.17, 15) is 4.79 Å². The number of amides is 1. The summed E-state index contributed by atoms with van der Waals surface area (Å²) in [5, 5.41) is 6.64. The highest BCUT2D eigenvalue weighted by atomic mass is 16.2. The first-order chi connectivity index (χ1) is 11.5. The number of nitrogens with one attached hydrogen (secondary N) is 2. The standard InChI is InChI=1S/C20H31N3O/c1-15-7-6-10-20(12-15,23(2)3)14-22-19(24)18-11-16-8-4-5-9-17(16)13-21-18/h4-5,8-9,15,18,21H,6-7,10-14H2,1-3H3,(H,22,24). The van der Waals surface area contributed by atoms with Gasteiger partial charge in [-0.1, -0.05) is 44.0 Å². The van der Waals surface area contributed by atoms with Crippen LogP contribution >= 0.6 is 0 Å². The number of carbonyl (C=O) groups excluding carboxylic acids is 1. The van der Waals surface area contributed by atoms with Crippen LogP contribution in [-0.4, -0.2) is 43.0 Å². The first-order valence-corrected chi connectivity index (χ1v) is 9.25. The van der Waals surface area contributed by atoms with Crippen LogP contribution in [0.5, 0.6) is 0 Å². The third-order valence-corrected chi connectivity index (χ3v) is 6.01. The highest BCUT2D eigenvalue weighted by Crippen LogP contribution is 2.35. The molecule has 4 nitrogen and oxygen atoms in total. The van der Waals surface area contributed by atoms with Gasteiger partial charge in [0.15, 0.2) is 0 Å². The lowest BCUT2D eigenvalue weighted by atomic mass is 9.75. The summed E-state index contributed by atoms with van der Waals surface area (Å²) in [6.07, 6.45) is 5.69. The molecule has 0 bridgehead atoms. The zero-order valence-electron chi connectivity index (χ0n) is 15.3. The molecule has 4 heteroatoms. The number of fused-ring (bicyclic) bond motifs is 1. The average Bonchev–Trinajstić information content (AvgIpc) is 2.59. The molecular formula is C20H31N3O. The van der Waals surface area contributed by atoms with Crippen molar-refractivity contribution in [3.05, 3.63) is 35.4 Å². The van der Waals surface area contributed by atoms with Crippen molar-refractivity contribution in [2.75, 3.05) is 20.6 Å². The molecule has 0 spiro atoms. The van der Waals surface area contributed by atoms with Crippen molar-refractivity contribution in [1.29, 1.82) is 0 Å². The lowest BCUT2D eigenvalue weighted by Gasteiger charge is -2.45. The van der Waals surface area contributed by atoms with Crippen molar-refractivity contribution in [2.24, 2.45) is 5.92 Å². The van der Waals surface area contributed by atoms with Gasteiger partial charge in [-0.25, -0.2) is 0 Å². The van der Waals surface area contributed by atoms with Gasteiger partial charge in [0.05, 0.1) is 6.04 Å². The maximum atomic E-state index is 12.7. The number of likely N-dealkylation sites (N-methyl/N-ethyl adjacent to an activating group) is 1. The van der Waals surface area contributed by atoms with E-state index in [1.165, 1.54) is 36.8 Å². The number of carbonyl (C=O) groups is 1. The lowest BCUT2D eigenvalue weighted by Crippen LogP contribution is -2.57. The van der Waals surface area contributed by atoms with E-state index in [4.69, 9.17) is 0 Å². The fourth-order valence-corrected chi connectivity index (χ4v) is 4.37. The van der Waals surface area contributed by atoms with Crippen LogP contribution in [0.25, 0.3) is 0 Å². The molecule has 2 aliphatic rings. The molecule has 0 aromatic heterocycles. The molecule has 1 saturated carbocycles. The average molecular weight is 329 g/mol. The van der Waals surface area contributed by atoms with Gasteiger partial charge in [-0.05, 0) is 50.4 Å². The normalized spacial score (nSPS) is 30.0. The zero-order valence-corrected chi connectivity index (χ0v) is 15.3. The minimum atomic E-state index is -0.111. The molecule has 3 rings (SSSR count). The summed E-state index contributed by atoms with van der Waals surface area (Å²) >= 11 is 0. The van der Waals surface area contributed by atoms with E-state index in [2.05, 4.69) is 60.8 Å². The Balaban J connectivity index is 1.61. The van der Waals surface area contributed by atoms with Gasteiger partial charge in [-0.15, -0.1) is 0 Å². The molecule has 24 heavy (non-hydrogen) atoms. The molecule has 2 N–H and O–H groups in total. The monoisotopic (exact) mass is 329 g/mol. The molecular weight excluding hydrogens is 298 g/mol. The van der Waals surface area contributed by atoms with Crippen LogP contribution in [0.15, 0.2) is 24.3 Å². The van der Waals surface area contributed by atoms with E-state index in [-0.39, 0.29) is 17.5 Å². The maximum absolute atomic E-state index is 12.7. The number of rotatable bonds is 4. The summed E-state index contributed by atoms with van der Waals surface area (Å²) in [5.74, 6) is 0.877. The van der Waals surface area contributed by atoms with Crippen molar-refractivity contribution in [3.8, 4) is 0 Å². The number of nitrogens with zero attached hydrogens (tertiary/aromatic N) is 1. The first-order valence-electron chi connectivity index (χ1n) is 9.25. The topological polar surface area (TPSA) is 44.4 Å². The van der Waals surface area contributed by atoms with Crippen LogP contribution in [0.3, 0.4) is 0 Å². The molecule has 0 saturated heterocycles. The third kappa shape index (κ3) is 3.65. The molecule has 1 aliphatic carbocycles. The Labute approximate surface area is 146 Å². The molecule has 1 heterocycles. The number of hydrogen-bond acceptors (Lipinski definition) is 3. The van der Waals surface area contributed by atoms with Crippen LogP contribution in [0.4, 0.5) is 0 Å². The molecule has 132 valence electrons. The highest BCUT2D eigenvalue weighted by Gasteiger charge is 2.37. The van der Waals surface area contributed by atoms with Gasteiger partial charge in [0.1, 0.15) is 0 Å².